The molecule has 0 aliphatic carbocycles. The van der Waals surface area contributed by atoms with E-state index in [2.05, 4.69) is 10.1 Å². The highest BCUT2D eigenvalue weighted by molar-refractivity contribution is 5.79. The summed E-state index contributed by atoms with van der Waals surface area (Å²) < 4.78 is 5.04. The zero-order chi connectivity index (χ0) is 10.5. The first-order chi connectivity index (χ1) is 7.34. The fraction of sp³-hybridized carbons (Fsp3) is 0.167. The second-order valence-electron chi connectivity index (χ2n) is 3.32. The van der Waals surface area contributed by atoms with E-state index >= 15 is 0 Å². The second kappa shape index (κ2) is 4.55. The standard InChI is InChI=1S/C12H12N2O/c1-10-7-12(15-14-10)9-13-8-11-5-3-2-4-6-11/h2-8H,9H2,1H3/b13-8+. The van der Waals surface area contributed by atoms with Gasteiger partial charge in [0, 0.05) is 12.3 Å². The molecule has 3 nitrogen and oxygen atoms in total. The van der Waals surface area contributed by atoms with E-state index in [9.17, 15) is 0 Å². The first-order valence-corrected chi connectivity index (χ1v) is 4.81. The molecule has 3 heteroatoms. The lowest BCUT2D eigenvalue weighted by Gasteiger charge is -1.90. The summed E-state index contributed by atoms with van der Waals surface area (Å²) in [4.78, 5) is 4.27. The van der Waals surface area contributed by atoms with Crippen molar-refractivity contribution in [1.29, 1.82) is 0 Å². The molecular formula is C12H12N2O. The van der Waals surface area contributed by atoms with Crippen molar-refractivity contribution in [2.45, 2.75) is 13.5 Å². The van der Waals surface area contributed by atoms with E-state index in [1.165, 1.54) is 0 Å². The van der Waals surface area contributed by atoms with Crippen molar-refractivity contribution >= 4 is 6.21 Å². The van der Waals surface area contributed by atoms with Crippen LogP contribution >= 0.6 is 0 Å². The number of aryl methyl sites for hydroxylation is 1. The summed E-state index contributed by atoms with van der Waals surface area (Å²) in [6, 6.07) is 11.9. The van der Waals surface area contributed by atoms with Crippen LogP contribution in [0.5, 0.6) is 0 Å². The lowest BCUT2D eigenvalue weighted by Crippen LogP contribution is -1.81. The summed E-state index contributed by atoms with van der Waals surface area (Å²) in [5.74, 6) is 0.791. The van der Waals surface area contributed by atoms with Crippen molar-refractivity contribution < 1.29 is 4.52 Å². The van der Waals surface area contributed by atoms with Crippen molar-refractivity contribution in [2.24, 2.45) is 4.99 Å². The molecule has 0 amide bonds. The minimum atomic E-state index is 0.537. The first-order valence-electron chi connectivity index (χ1n) is 4.81. The molecular weight excluding hydrogens is 188 g/mol. The van der Waals surface area contributed by atoms with Crippen LogP contribution in [0.3, 0.4) is 0 Å². The van der Waals surface area contributed by atoms with Gasteiger partial charge < -0.3 is 4.52 Å². The van der Waals surface area contributed by atoms with Crippen LogP contribution in [-0.2, 0) is 6.54 Å². The molecule has 0 aliphatic heterocycles. The first kappa shape index (κ1) is 9.65. The van der Waals surface area contributed by atoms with E-state index in [0.29, 0.717) is 6.54 Å². The van der Waals surface area contributed by atoms with Crippen LogP contribution in [0, 0.1) is 6.92 Å². The second-order valence-corrected chi connectivity index (χ2v) is 3.32. The highest BCUT2D eigenvalue weighted by Gasteiger charge is 1.97. The average Bonchev–Trinajstić information content (AvgIpc) is 2.66. The van der Waals surface area contributed by atoms with Crippen LogP contribution < -0.4 is 0 Å². The van der Waals surface area contributed by atoms with Gasteiger partial charge in [-0.1, -0.05) is 35.5 Å². The Labute approximate surface area is 88.4 Å². The summed E-state index contributed by atoms with van der Waals surface area (Å²) in [6.07, 6.45) is 1.83. The SMILES string of the molecule is Cc1cc(C/N=C/c2ccccc2)on1. The molecule has 15 heavy (non-hydrogen) atoms. The maximum absolute atomic E-state index is 5.04. The topological polar surface area (TPSA) is 38.4 Å². The Morgan fingerprint density at radius 1 is 1.33 bits per heavy atom. The van der Waals surface area contributed by atoms with E-state index in [4.69, 9.17) is 4.52 Å². The molecule has 0 fully saturated rings. The predicted octanol–water partition coefficient (Wildman–Crippen LogP) is 2.60. The third-order valence-corrected chi connectivity index (χ3v) is 1.96. The molecule has 1 aromatic heterocycles. The Bertz CT molecular complexity index is 446. The fourth-order valence-electron chi connectivity index (χ4n) is 1.27. The summed E-state index contributed by atoms with van der Waals surface area (Å²) in [5.41, 5.74) is 1.98. The summed E-state index contributed by atoms with van der Waals surface area (Å²) in [7, 11) is 0. The zero-order valence-electron chi connectivity index (χ0n) is 8.55. The molecule has 0 N–H and O–H groups in total. The highest BCUT2D eigenvalue weighted by atomic mass is 16.5. The number of aromatic nitrogens is 1. The van der Waals surface area contributed by atoms with Gasteiger partial charge in [-0.2, -0.15) is 0 Å². The van der Waals surface area contributed by atoms with Gasteiger partial charge in [0.25, 0.3) is 0 Å². The highest BCUT2D eigenvalue weighted by Crippen LogP contribution is 2.03. The molecule has 0 saturated carbocycles. The Hall–Kier alpha value is -1.90. The van der Waals surface area contributed by atoms with Crippen molar-refractivity contribution in [3.05, 3.63) is 53.4 Å². The van der Waals surface area contributed by atoms with Gasteiger partial charge in [0.2, 0.25) is 0 Å². The lowest BCUT2D eigenvalue weighted by molar-refractivity contribution is 0.381. The van der Waals surface area contributed by atoms with Gasteiger partial charge in [-0.15, -0.1) is 0 Å². The van der Waals surface area contributed by atoms with Crippen molar-refractivity contribution in [3.8, 4) is 0 Å². The molecule has 2 rings (SSSR count). The third kappa shape index (κ3) is 2.77. The molecule has 0 saturated heterocycles. The number of nitrogens with zero attached hydrogens (tertiary/aromatic N) is 2. The minimum absolute atomic E-state index is 0.537. The number of hydrogen-bond donors (Lipinski definition) is 0. The van der Waals surface area contributed by atoms with E-state index < -0.39 is 0 Å². The van der Waals surface area contributed by atoms with Gasteiger partial charge in [-0.25, -0.2) is 0 Å². The van der Waals surface area contributed by atoms with E-state index in [1.807, 2.05) is 49.5 Å². The summed E-state index contributed by atoms with van der Waals surface area (Å²) in [5, 5.41) is 3.79. The summed E-state index contributed by atoms with van der Waals surface area (Å²) in [6.45, 7) is 2.43. The van der Waals surface area contributed by atoms with Gasteiger partial charge in [0.1, 0.15) is 0 Å². The van der Waals surface area contributed by atoms with Crippen LogP contribution in [0.15, 0.2) is 45.9 Å². The van der Waals surface area contributed by atoms with Gasteiger partial charge in [0.15, 0.2) is 5.76 Å². The van der Waals surface area contributed by atoms with Gasteiger partial charge in [-0.05, 0) is 12.5 Å². The Morgan fingerprint density at radius 2 is 2.13 bits per heavy atom. The number of aliphatic imine (C=N–C) groups is 1. The van der Waals surface area contributed by atoms with Crippen LogP contribution in [0.4, 0.5) is 0 Å². The van der Waals surface area contributed by atoms with Crippen LogP contribution in [0.1, 0.15) is 17.0 Å². The maximum atomic E-state index is 5.04. The molecule has 1 heterocycles. The molecule has 1 aromatic carbocycles. The van der Waals surface area contributed by atoms with E-state index in [0.717, 1.165) is 17.0 Å². The minimum Gasteiger partial charge on any atom is -0.359 e. The number of benzene rings is 1. The van der Waals surface area contributed by atoms with Crippen molar-refractivity contribution in [3.63, 3.8) is 0 Å². The molecule has 0 bridgehead atoms. The molecule has 0 radical (unpaired) electrons. The summed E-state index contributed by atoms with van der Waals surface area (Å²) >= 11 is 0. The zero-order valence-corrected chi connectivity index (χ0v) is 8.55. The Kier molecular flexibility index (Phi) is 2.93. The van der Waals surface area contributed by atoms with E-state index in [-0.39, 0.29) is 0 Å². The maximum Gasteiger partial charge on any atom is 0.158 e. The van der Waals surface area contributed by atoms with Crippen LogP contribution in [0.2, 0.25) is 0 Å². The van der Waals surface area contributed by atoms with Gasteiger partial charge in [0.05, 0.1) is 12.2 Å². The molecule has 2 aromatic rings. The van der Waals surface area contributed by atoms with Crippen LogP contribution in [0.25, 0.3) is 0 Å². The van der Waals surface area contributed by atoms with Crippen LogP contribution in [-0.4, -0.2) is 11.4 Å². The van der Waals surface area contributed by atoms with Gasteiger partial charge in [-0.3, -0.25) is 4.99 Å². The molecule has 0 aliphatic rings. The van der Waals surface area contributed by atoms with Crippen molar-refractivity contribution in [1.82, 2.24) is 5.16 Å². The fourth-order valence-corrected chi connectivity index (χ4v) is 1.27. The predicted molar refractivity (Wildman–Crippen MR) is 59.0 cm³/mol. The van der Waals surface area contributed by atoms with Crippen molar-refractivity contribution in [2.75, 3.05) is 0 Å². The lowest BCUT2D eigenvalue weighted by atomic mass is 10.2. The Morgan fingerprint density at radius 3 is 2.80 bits per heavy atom. The molecule has 0 atom stereocenters. The third-order valence-electron chi connectivity index (χ3n) is 1.96. The molecule has 0 spiro atoms. The van der Waals surface area contributed by atoms with E-state index in [1.54, 1.807) is 0 Å². The quantitative estimate of drug-likeness (QED) is 0.714. The Balaban J connectivity index is 1.96. The molecule has 0 unspecified atom stereocenters. The largest absolute Gasteiger partial charge is 0.359 e. The monoisotopic (exact) mass is 200 g/mol. The molecule has 76 valence electrons. The van der Waals surface area contributed by atoms with Gasteiger partial charge >= 0.3 is 0 Å². The number of rotatable bonds is 3. The normalized spacial score (nSPS) is 11.0. The smallest absolute Gasteiger partial charge is 0.158 e. The number of hydrogen-bond acceptors (Lipinski definition) is 3. The average molecular weight is 200 g/mol.